The smallest absolute Gasteiger partial charge is 0.0585 e. The van der Waals surface area contributed by atoms with Crippen LogP contribution in [0.15, 0.2) is 0 Å². The molecule has 0 aliphatic rings. The Kier molecular flexibility index (Phi) is 13.2. The second-order valence-electron chi connectivity index (χ2n) is 5.37. The third kappa shape index (κ3) is 12.3. The molecule has 0 aliphatic carbocycles. The van der Waals surface area contributed by atoms with Gasteiger partial charge in [0.05, 0.1) is 6.61 Å². The molecule has 0 fully saturated rings. The minimum Gasteiger partial charge on any atom is -0.395 e. The number of aliphatic hydroxyl groups is 1. The van der Waals surface area contributed by atoms with E-state index in [9.17, 15) is 5.11 Å². The van der Waals surface area contributed by atoms with E-state index in [2.05, 4.69) is 26.1 Å². The highest BCUT2D eigenvalue weighted by atomic mass is 16.5. The zero-order valence-corrected chi connectivity index (χ0v) is 12.6. The SMILES string of the molecule is CCCCCCCCOCCC(CO)NC(C)C. The van der Waals surface area contributed by atoms with Gasteiger partial charge in [-0.15, -0.1) is 0 Å². The lowest BCUT2D eigenvalue weighted by molar-refractivity contribution is 0.109. The van der Waals surface area contributed by atoms with E-state index in [0.717, 1.165) is 19.6 Å². The Hall–Kier alpha value is -0.120. The molecule has 0 aliphatic heterocycles. The van der Waals surface area contributed by atoms with Gasteiger partial charge in [0.2, 0.25) is 0 Å². The topological polar surface area (TPSA) is 41.5 Å². The maximum atomic E-state index is 9.18. The number of aliphatic hydroxyl groups excluding tert-OH is 1. The molecule has 0 saturated heterocycles. The van der Waals surface area contributed by atoms with Crippen molar-refractivity contribution in [2.24, 2.45) is 0 Å². The maximum absolute atomic E-state index is 9.18. The number of unbranched alkanes of at least 4 members (excludes halogenated alkanes) is 5. The second-order valence-corrected chi connectivity index (χ2v) is 5.37. The molecular formula is C15H33NO2. The maximum Gasteiger partial charge on any atom is 0.0585 e. The molecule has 0 rings (SSSR count). The molecule has 0 spiro atoms. The molecule has 3 heteroatoms. The van der Waals surface area contributed by atoms with Crippen LogP contribution >= 0.6 is 0 Å². The zero-order chi connectivity index (χ0) is 13.6. The van der Waals surface area contributed by atoms with Gasteiger partial charge in [-0.1, -0.05) is 52.9 Å². The lowest BCUT2D eigenvalue weighted by atomic mass is 10.1. The highest BCUT2D eigenvalue weighted by Crippen LogP contribution is 2.05. The van der Waals surface area contributed by atoms with Gasteiger partial charge in [0.1, 0.15) is 0 Å². The molecule has 110 valence electrons. The Bertz CT molecular complexity index is 163. The molecule has 0 aromatic carbocycles. The van der Waals surface area contributed by atoms with Crippen molar-refractivity contribution in [2.75, 3.05) is 19.8 Å². The highest BCUT2D eigenvalue weighted by molar-refractivity contribution is 4.67. The normalized spacial score (nSPS) is 13.2. The van der Waals surface area contributed by atoms with Crippen molar-refractivity contribution in [1.82, 2.24) is 5.32 Å². The van der Waals surface area contributed by atoms with Gasteiger partial charge in [0, 0.05) is 25.3 Å². The first kappa shape index (κ1) is 17.9. The van der Waals surface area contributed by atoms with Crippen molar-refractivity contribution in [3.63, 3.8) is 0 Å². The first-order valence-corrected chi connectivity index (χ1v) is 7.65. The van der Waals surface area contributed by atoms with Crippen molar-refractivity contribution in [1.29, 1.82) is 0 Å². The van der Waals surface area contributed by atoms with Crippen LogP contribution in [0, 0.1) is 0 Å². The molecule has 0 aromatic rings. The van der Waals surface area contributed by atoms with E-state index >= 15 is 0 Å². The lowest BCUT2D eigenvalue weighted by Crippen LogP contribution is -2.38. The third-order valence-electron chi connectivity index (χ3n) is 3.04. The highest BCUT2D eigenvalue weighted by Gasteiger charge is 2.07. The monoisotopic (exact) mass is 259 g/mol. The summed E-state index contributed by atoms with van der Waals surface area (Å²) in [6.45, 7) is 8.25. The van der Waals surface area contributed by atoms with Gasteiger partial charge in [-0.25, -0.2) is 0 Å². The summed E-state index contributed by atoms with van der Waals surface area (Å²) in [4.78, 5) is 0. The predicted molar refractivity (Wildman–Crippen MR) is 78.0 cm³/mol. The van der Waals surface area contributed by atoms with E-state index in [0.29, 0.717) is 6.04 Å². The van der Waals surface area contributed by atoms with Crippen molar-refractivity contribution in [3.8, 4) is 0 Å². The molecule has 0 radical (unpaired) electrons. The van der Waals surface area contributed by atoms with Crippen LogP contribution in [-0.4, -0.2) is 37.0 Å². The van der Waals surface area contributed by atoms with E-state index in [-0.39, 0.29) is 12.6 Å². The minimum absolute atomic E-state index is 0.176. The van der Waals surface area contributed by atoms with Gasteiger partial charge < -0.3 is 15.2 Å². The van der Waals surface area contributed by atoms with Gasteiger partial charge in [0.15, 0.2) is 0 Å². The van der Waals surface area contributed by atoms with Gasteiger partial charge in [-0.3, -0.25) is 0 Å². The molecule has 2 N–H and O–H groups in total. The molecule has 1 atom stereocenters. The lowest BCUT2D eigenvalue weighted by Gasteiger charge is -2.18. The first-order valence-electron chi connectivity index (χ1n) is 7.65. The molecule has 18 heavy (non-hydrogen) atoms. The predicted octanol–water partition coefficient (Wildman–Crippen LogP) is 3.11. The van der Waals surface area contributed by atoms with Crippen molar-refractivity contribution < 1.29 is 9.84 Å². The number of ether oxygens (including phenoxy) is 1. The van der Waals surface area contributed by atoms with Crippen LogP contribution in [0.4, 0.5) is 0 Å². The molecule has 0 heterocycles. The summed E-state index contributed by atoms with van der Waals surface area (Å²) in [5.41, 5.74) is 0. The van der Waals surface area contributed by atoms with Gasteiger partial charge >= 0.3 is 0 Å². The Balaban J connectivity index is 3.23. The summed E-state index contributed by atoms with van der Waals surface area (Å²) >= 11 is 0. The van der Waals surface area contributed by atoms with Crippen LogP contribution in [0.5, 0.6) is 0 Å². The zero-order valence-electron chi connectivity index (χ0n) is 12.6. The fourth-order valence-corrected chi connectivity index (χ4v) is 2.01. The molecular weight excluding hydrogens is 226 g/mol. The van der Waals surface area contributed by atoms with Gasteiger partial charge in [0.25, 0.3) is 0 Å². The largest absolute Gasteiger partial charge is 0.395 e. The van der Waals surface area contributed by atoms with Crippen LogP contribution in [0.1, 0.15) is 65.7 Å². The summed E-state index contributed by atoms with van der Waals surface area (Å²) in [5.74, 6) is 0. The van der Waals surface area contributed by atoms with Crippen LogP contribution in [0.25, 0.3) is 0 Å². The molecule has 0 bridgehead atoms. The van der Waals surface area contributed by atoms with Crippen molar-refractivity contribution in [2.45, 2.75) is 77.8 Å². The van der Waals surface area contributed by atoms with Crippen LogP contribution in [0.3, 0.4) is 0 Å². The summed E-state index contributed by atoms with van der Waals surface area (Å²) < 4.78 is 5.60. The Morgan fingerprint density at radius 3 is 2.28 bits per heavy atom. The Morgan fingerprint density at radius 1 is 1.00 bits per heavy atom. The standard InChI is InChI=1S/C15H33NO2/c1-4-5-6-7-8-9-11-18-12-10-15(13-17)16-14(2)3/h14-17H,4-13H2,1-3H3. The van der Waals surface area contributed by atoms with Crippen LogP contribution in [-0.2, 0) is 4.74 Å². The van der Waals surface area contributed by atoms with E-state index < -0.39 is 0 Å². The second kappa shape index (κ2) is 13.3. The molecule has 3 nitrogen and oxygen atoms in total. The van der Waals surface area contributed by atoms with E-state index in [4.69, 9.17) is 4.74 Å². The third-order valence-corrected chi connectivity index (χ3v) is 3.04. The van der Waals surface area contributed by atoms with Crippen LogP contribution < -0.4 is 5.32 Å². The fraction of sp³-hybridized carbons (Fsp3) is 1.00. The van der Waals surface area contributed by atoms with E-state index in [1.165, 1.54) is 38.5 Å². The summed E-state index contributed by atoms with van der Waals surface area (Å²) in [6, 6.07) is 0.593. The molecule has 0 saturated carbocycles. The molecule has 0 aromatic heterocycles. The molecule has 1 unspecified atom stereocenters. The van der Waals surface area contributed by atoms with Crippen LogP contribution in [0.2, 0.25) is 0 Å². The number of rotatable bonds is 13. The summed E-state index contributed by atoms with van der Waals surface area (Å²) in [7, 11) is 0. The van der Waals surface area contributed by atoms with Gasteiger partial charge in [-0.05, 0) is 12.8 Å². The van der Waals surface area contributed by atoms with Gasteiger partial charge in [-0.2, -0.15) is 0 Å². The summed E-state index contributed by atoms with van der Waals surface area (Å²) in [6.07, 6.45) is 8.72. The number of hydrogen-bond acceptors (Lipinski definition) is 3. The van der Waals surface area contributed by atoms with Crippen molar-refractivity contribution >= 4 is 0 Å². The average molecular weight is 259 g/mol. The Labute approximate surface area is 113 Å². The minimum atomic E-state index is 0.176. The quantitative estimate of drug-likeness (QED) is 0.499. The average Bonchev–Trinajstić information content (AvgIpc) is 2.35. The number of hydrogen-bond donors (Lipinski definition) is 2. The van der Waals surface area contributed by atoms with Crippen molar-refractivity contribution in [3.05, 3.63) is 0 Å². The number of nitrogens with one attached hydrogen (secondary N) is 1. The molecule has 0 amide bonds. The Morgan fingerprint density at radius 2 is 1.67 bits per heavy atom. The van der Waals surface area contributed by atoms with E-state index in [1.807, 2.05) is 0 Å². The van der Waals surface area contributed by atoms with E-state index in [1.54, 1.807) is 0 Å². The summed E-state index contributed by atoms with van der Waals surface area (Å²) in [5, 5.41) is 12.5. The fourth-order valence-electron chi connectivity index (χ4n) is 2.01. The first-order chi connectivity index (χ1) is 8.70.